The van der Waals surface area contributed by atoms with E-state index in [0.717, 1.165) is 0 Å². The van der Waals surface area contributed by atoms with Crippen molar-refractivity contribution in [2.75, 3.05) is 11.5 Å². The van der Waals surface area contributed by atoms with E-state index in [0.29, 0.717) is 28.5 Å². The summed E-state index contributed by atoms with van der Waals surface area (Å²) in [5.74, 6) is 0.593. The molecule has 6 heteroatoms. The molecule has 1 unspecified atom stereocenters. The summed E-state index contributed by atoms with van der Waals surface area (Å²) in [7, 11) is -2.98. The van der Waals surface area contributed by atoms with Crippen LogP contribution in [0.25, 0.3) is 0 Å². The molecular weight excluding hydrogens is 308 g/mol. The zero-order chi connectivity index (χ0) is 12.5. The second-order valence-corrected chi connectivity index (χ2v) is 7.00. The highest BCUT2D eigenvalue weighted by atomic mass is 79.9. The van der Waals surface area contributed by atoms with Crippen molar-refractivity contribution < 1.29 is 17.9 Å². The van der Waals surface area contributed by atoms with Crippen LogP contribution in [0.3, 0.4) is 0 Å². The molecule has 0 radical (unpaired) electrons. The van der Waals surface area contributed by atoms with E-state index >= 15 is 0 Å². The Balaban J connectivity index is 2.22. The molecule has 1 heterocycles. The number of hydrogen-bond donors (Lipinski definition) is 0. The number of sulfone groups is 1. The third-order valence-corrected chi connectivity index (χ3v) is 4.96. The summed E-state index contributed by atoms with van der Waals surface area (Å²) in [4.78, 5) is 10.9. The molecule has 1 aromatic carbocycles. The van der Waals surface area contributed by atoms with Crippen molar-refractivity contribution in [3.63, 3.8) is 0 Å². The van der Waals surface area contributed by atoms with E-state index in [1.165, 1.54) is 0 Å². The Morgan fingerprint density at radius 1 is 1.41 bits per heavy atom. The van der Waals surface area contributed by atoms with Crippen molar-refractivity contribution in [3.8, 4) is 5.75 Å². The van der Waals surface area contributed by atoms with Gasteiger partial charge in [-0.05, 0) is 34.5 Å². The molecule has 0 aliphatic carbocycles. The first-order chi connectivity index (χ1) is 8.02. The van der Waals surface area contributed by atoms with Crippen LogP contribution in [0.1, 0.15) is 16.8 Å². The van der Waals surface area contributed by atoms with Gasteiger partial charge in [-0.2, -0.15) is 0 Å². The summed E-state index contributed by atoms with van der Waals surface area (Å²) in [5.41, 5.74) is 0.420. The van der Waals surface area contributed by atoms with Crippen LogP contribution < -0.4 is 4.74 Å². The lowest BCUT2D eigenvalue weighted by Gasteiger charge is -2.14. The van der Waals surface area contributed by atoms with Gasteiger partial charge in [0.1, 0.15) is 11.9 Å². The van der Waals surface area contributed by atoms with E-state index in [-0.39, 0.29) is 17.6 Å². The summed E-state index contributed by atoms with van der Waals surface area (Å²) in [5, 5.41) is 0. The third-order valence-electron chi connectivity index (χ3n) is 2.60. The number of para-hydroxylation sites is 1. The highest BCUT2D eigenvalue weighted by Crippen LogP contribution is 2.30. The maximum Gasteiger partial charge on any atom is 0.154 e. The molecule has 1 aliphatic heterocycles. The standard InChI is InChI=1S/C11H11BrO4S/c12-10-3-1-2-8(6-13)11(10)16-9-4-5-17(14,15)7-9/h1-3,6,9H,4-5,7H2. The van der Waals surface area contributed by atoms with E-state index in [2.05, 4.69) is 15.9 Å². The second-order valence-electron chi connectivity index (χ2n) is 3.92. The van der Waals surface area contributed by atoms with Gasteiger partial charge in [-0.3, -0.25) is 4.79 Å². The fourth-order valence-electron chi connectivity index (χ4n) is 1.76. The van der Waals surface area contributed by atoms with Crippen LogP contribution in [-0.4, -0.2) is 32.3 Å². The number of rotatable bonds is 3. The average molecular weight is 319 g/mol. The Labute approximate surface area is 108 Å². The zero-order valence-electron chi connectivity index (χ0n) is 8.93. The average Bonchev–Trinajstić information content (AvgIpc) is 2.61. The molecule has 1 saturated heterocycles. The highest BCUT2D eigenvalue weighted by molar-refractivity contribution is 9.10. The van der Waals surface area contributed by atoms with E-state index in [1.54, 1.807) is 18.2 Å². The van der Waals surface area contributed by atoms with Crippen LogP contribution in [-0.2, 0) is 9.84 Å². The fourth-order valence-corrected chi connectivity index (χ4v) is 3.83. The minimum Gasteiger partial charge on any atom is -0.487 e. The van der Waals surface area contributed by atoms with Gasteiger partial charge in [-0.1, -0.05) is 6.07 Å². The van der Waals surface area contributed by atoms with Gasteiger partial charge in [0.05, 0.1) is 21.5 Å². The van der Waals surface area contributed by atoms with Crippen molar-refractivity contribution in [2.45, 2.75) is 12.5 Å². The number of aldehydes is 1. The molecule has 0 amide bonds. The lowest BCUT2D eigenvalue weighted by molar-refractivity contribution is 0.111. The monoisotopic (exact) mass is 318 g/mol. The Kier molecular flexibility index (Phi) is 3.53. The van der Waals surface area contributed by atoms with Gasteiger partial charge >= 0.3 is 0 Å². The maximum absolute atomic E-state index is 11.3. The van der Waals surface area contributed by atoms with Crippen LogP contribution >= 0.6 is 15.9 Å². The molecule has 2 rings (SSSR count). The molecule has 1 atom stereocenters. The Morgan fingerprint density at radius 2 is 2.18 bits per heavy atom. The van der Waals surface area contributed by atoms with Gasteiger partial charge in [0.2, 0.25) is 0 Å². The predicted molar refractivity (Wildman–Crippen MR) is 67.2 cm³/mol. The number of hydrogen-bond acceptors (Lipinski definition) is 4. The van der Waals surface area contributed by atoms with Gasteiger partial charge < -0.3 is 4.74 Å². The molecule has 1 aliphatic rings. The summed E-state index contributed by atoms with van der Waals surface area (Å²) in [6.45, 7) is 0. The van der Waals surface area contributed by atoms with E-state index in [4.69, 9.17) is 4.74 Å². The van der Waals surface area contributed by atoms with Crippen molar-refractivity contribution in [1.82, 2.24) is 0 Å². The minimum atomic E-state index is -2.98. The molecule has 17 heavy (non-hydrogen) atoms. The van der Waals surface area contributed by atoms with Crippen LogP contribution in [0.2, 0.25) is 0 Å². The largest absolute Gasteiger partial charge is 0.487 e. The smallest absolute Gasteiger partial charge is 0.154 e. The lowest BCUT2D eigenvalue weighted by atomic mass is 10.2. The first-order valence-corrected chi connectivity index (χ1v) is 7.74. The first-order valence-electron chi connectivity index (χ1n) is 5.12. The van der Waals surface area contributed by atoms with Gasteiger partial charge in [0.25, 0.3) is 0 Å². The van der Waals surface area contributed by atoms with Crippen molar-refractivity contribution in [3.05, 3.63) is 28.2 Å². The van der Waals surface area contributed by atoms with Crippen molar-refractivity contribution >= 4 is 32.1 Å². The summed E-state index contributed by atoms with van der Waals surface area (Å²) < 4.78 is 28.9. The maximum atomic E-state index is 11.3. The van der Waals surface area contributed by atoms with E-state index in [1.807, 2.05) is 0 Å². The topological polar surface area (TPSA) is 60.4 Å². The van der Waals surface area contributed by atoms with Gasteiger partial charge in [-0.15, -0.1) is 0 Å². The quantitative estimate of drug-likeness (QED) is 0.798. The van der Waals surface area contributed by atoms with Gasteiger partial charge in [0, 0.05) is 0 Å². The molecule has 4 nitrogen and oxygen atoms in total. The third kappa shape index (κ3) is 2.87. The molecule has 1 aromatic rings. The Morgan fingerprint density at radius 3 is 2.76 bits per heavy atom. The number of carbonyl (C=O) groups is 1. The number of ether oxygens (including phenoxy) is 1. The molecule has 0 N–H and O–H groups in total. The van der Waals surface area contributed by atoms with Crippen LogP contribution in [0, 0.1) is 0 Å². The molecule has 0 aromatic heterocycles. The SMILES string of the molecule is O=Cc1cccc(Br)c1OC1CCS(=O)(=O)C1. The predicted octanol–water partition coefficient (Wildman–Crippen LogP) is 1.83. The molecule has 92 valence electrons. The van der Waals surface area contributed by atoms with Gasteiger partial charge in [0.15, 0.2) is 16.1 Å². The molecular formula is C11H11BrO4S. The van der Waals surface area contributed by atoms with Crippen LogP contribution in [0.5, 0.6) is 5.75 Å². The summed E-state index contributed by atoms with van der Waals surface area (Å²) in [6, 6.07) is 5.12. The Bertz CT molecular complexity index is 538. The molecule has 0 saturated carbocycles. The van der Waals surface area contributed by atoms with Crippen LogP contribution in [0.4, 0.5) is 0 Å². The summed E-state index contributed by atoms with van der Waals surface area (Å²) in [6.07, 6.45) is 0.809. The normalized spacial score (nSPS) is 22.3. The van der Waals surface area contributed by atoms with Crippen molar-refractivity contribution in [1.29, 1.82) is 0 Å². The number of benzene rings is 1. The minimum absolute atomic E-state index is 0.0205. The molecule has 0 spiro atoms. The van der Waals surface area contributed by atoms with Gasteiger partial charge in [-0.25, -0.2) is 8.42 Å². The lowest BCUT2D eigenvalue weighted by Crippen LogP contribution is -2.18. The van der Waals surface area contributed by atoms with Crippen LogP contribution in [0.15, 0.2) is 22.7 Å². The Hall–Kier alpha value is -0.880. The highest BCUT2D eigenvalue weighted by Gasteiger charge is 2.30. The first kappa shape index (κ1) is 12.6. The molecule has 0 bridgehead atoms. The van der Waals surface area contributed by atoms with Crippen molar-refractivity contribution in [2.24, 2.45) is 0 Å². The number of halogens is 1. The fraction of sp³-hybridized carbons (Fsp3) is 0.364. The second kappa shape index (κ2) is 4.78. The van der Waals surface area contributed by atoms with E-state index < -0.39 is 9.84 Å². The molecule has 1 fully saturated rings. The number of carbonyl (C=O) groups excluding carboxylic acids is 1. The van der Waals surface area contributed by atoms with E-state index in [9.17, 15) is 13.2 Å². The zero-order valence-corrected chi connectivity index (χ0v) is 11.3. The summed E-state index contributed by atoms with van der Waals surface area (Å²) >= 11 is 3.29.